The molecule has 3 rings (SSSR count). The quantitative estimate of drug-likeness (QED) is 0.849. The number of hydrogen-bond acceptors (Lipinski definition) is 5. The van der Waals surface area contributed by atoms with Crippen molar-refractivity contribution in [3.05, 3.63) is 29.2 Å². The van der Waals surface area contributed by atoms with Gasteiger partial charge < -0.3 is 5.32 Å². The second-order valence-corrected chi connectivity index (χ2v) is 5.22. The van der Waals surface area contributed by atoms with E-state index in [-0.39, 0.29) is 0 Å². The third-order valence-electron chi connectivity index (χ3n) is 3.65. The Hall–Kier alpha value is -2.04. The number of fused-ring (bicyclic) bond motifs is 1. The van der Waals surface area contributed by atoms with E-state index in [4.69, 9.17) is 4.98 Å². The van der Waals surface area contributed by atoms with E-state index >= 15 is 0 Å². The third-order valence-corrected chi connectivity index (χ3v) is 3.65. The van der Waals surface area contributed by atoms with E-state index < -0.39 is 0 Å². The van der Waals surface area contributed by atoms with Crippen LogP contribution in [0.25, 0.3) is 11.6 Å². The Labute approximate surface area is 118 Å². The number of anilines is 1. The van der Waals surface area contributed by atoms with E-state index in [0.717, 1.165) is 29.9 Å². The lowest BCUT2D eigenvalue weighted by Gasteiger charge is -2.12. The summed E-state index contributed by atoms with van der Waals surface area (Å²) in [6.07, 6.45) is 9.35. The van der Waals surface area contributed by atoms with Crippen molar-refractivity contribution >= 4 is 5.82 Å². The molecule has 0 saturated heterocycles. The molecule has 0 amide bonds. The largest absolute Gasteiger partial charge is 0.373 e. The summed E-state index contributed by atoms with van der Waals surface area (Å²) in [5, 5.41) is 3.20. The molecular weight excluding hydrogens is 250 g/mol. The number of nitrogens with zero attached hydrogens (tertiary/aromatic N) is 4. The van der Waals surface area contributed by atoms with Gasteiger partial charge in [0.15, 0.2) is 11.6 Å². The lowest BCUT2D eigenvalue weighted by molar-refractivity contribution is 0.709. The zero-order chi connectivity index (χ0) is 13.9. The summed E-state index contributed by atoms with van der Waals surface area (Å²) in [7, 11) is 1.91. The van der Waals surface area contributed by atoms with Gasteiger partial charge in [0, 0.05) is 30.7 Å². The van der Waals surface area contributed by atoms with E-state index in [1.807, 2.05) is 14.0 Å². The Kier molecular flexibility index (Phi) is 3.58. The predicted molar refractivity (Wildman–Crippen MR) is 78.6 cm³/mol. The minimum atomic E-state index is 0.596. The summed E-state index contributed by atoms with van der Waals surface area (Å²) in [5.74, 6) is 2.14. The van der Waals surface area contributed by atoms with Crippen molar-refractivity contribution in [2.45, 2.75) is 39.0 Å². The molecule has 5 nitrogen and oxygen atoms in total. The maximum absolute atomic E-state index is 4.71. The molecule has 5 heteroatoms. The molecule has 104 valence electrons. The van der Waals surface area contributed by atoms with Crippen LogP contribution in [0.1, 0.15) is 36.1 Å². The highest BCUT2D eigenvalue weighted by Crippen LogP contribution is 2.26. The van der Waals surface area contributed by atoms with Gasteiger partial charge in [0.2, 0.25) is 0 Å². The Bertz CT molecular complexity index is 606. The maximum atomic E-state index is 4.71. The van der Waals surface area contributed by atoms with Gasteiger partial charge >= 0.3 is 0 Å². The molecule has 0 aromatic carbocycles. The lowest BCUT2D eigenvalue weighted by atomic mass is 10.1. The second kappa shape index (κ2) is 5.53. The fraction of sp³-hybridized carbons (Fsp3) is 0.467. The van der Waals surface area contributed by atoms with Gasteiger partial charge in [0.25, 0.3) is 0 Å². The molecule has 2 heterocycles. The molecule has 1 aliphatic carbocycles. The van der Waals surface area contributed by atoms with Crippen molar-refractivity contribution in [2.75, 3.05) is 12.4 Å². The zero-order valence-corrected chi connectivity index (χ0v) is 12.0. The van der Waals surface area contributed by atoms with Crippen molar-refractivity contribution < 1.29 is 0 Å². The van der Waals surface area contributed by atoms with Crippen LogP contribution in [0.5, 0.6) is 0 Å². The van der Waals surface area contributed by atoms with E-state index in [9.17, 15) is 0 Å². The second-order valence-electron chi connectivity index (χ2n) is 5.22. The van der Waals surface area contributed by atoms with Gasteiger partial charge in [-0.15, -0.1) is 0 Å². The highest BCUT2D eigenvalue weighted by Gasteiger charge is 2.17. The molecule has 0 radical (unpaired) electrons. The van der Waals surface area contributed by atoms with E-state index in [1.54, 1.807) is 12.4 Å². The fourth-order valence-corrected chi connectivity index (χ4v) is 2.59. The summed E-state index contributed by atoms with van der Waals surface area (Å²) in [6, 6.07) is 0. The van der Waals surface area contributed by atoms with E-state index in [1.165, 1.54) is 24.8 Å². The van der Waals surface area contributed by atoms with Crippen LogP contribution in [0.3, 0.4) is 0 Å². The Morgan fingerprint density at radius 3 is 2.45 bits per heavy atom. The Balaban J connectivity index is 2.08. The van der Waals surface area contributed by atoms with Crippen molar-refractivity contribution in [1.82, 2.24) is 19.9 Å². The highest BCUT2D eigenvalue weighted by atomic mass is 15.1. The first-order valence-electron chi connectivity index (χ1n) is 7.14. The van der Waals surface area contributed by atoms with Crippen molar-refractivity contribution in [3.8, 4) is 11.6 Å². The van der Waals surface area contributed by atoms with Crippen molar-refractivity contribution in [1.29, 1.82) is 0 Å². The monoisotopic (exact) mass is 269 g/mol. The molecule has 0 spiro atoms. The smallest absolute Gasteiger partial charge is 0.199 e. The molecule has 1 N–H and O–H groups in total. The SMILES string of the molecule is CNc1nc(-c2ncc(C)cn2)nc2c1CCCCC2. The van der Waals surface area contributed by atoms with Gasteiger partial charge in [0.1, 0.15) is 5.82 Å². The van der Waals surface area contributed by atoms with Crippen LogP contribution >= 0.6 is 0 Å². The maximum Gasteiger partial charge on any atom is 0.199 e. The van der Waals surface area contributed by atoms with Gasteiger partial charge in [-0.25, -0.2) is 19.9 Å². The first-order valence-corrected chi connectivity index (χ1v) is 7.14. The summed E-state index contributed by atoms with van der Waals surface area (Å²) in [4.78, 5) is 18.0. The first-order chi connectivity index (χ1) is 9.78. The molecule has 2 aromatic heterocycles. The van der Waals surface area contributed by atoms with E-state index in [0.29, 0.717) is 11.6 Å². The third kappa shape index (κ3) is 2.48. The molecule has 0 bridgehead atoms. The number of nitrogens with one attached hydrogen (secondary N) is 1. The molecule has 2 aromatic rings. The van der Waals surface area contributed by atoms with Crippen LogP contribution in [-0.4, -0.2) is 27.0 Å². The topological polar surface area (TPSA) is 63.6 Å². The fourth-order valence-electron chi connectivity index (χ4n) is 2.59. The minimum Gasteiger partial charge on any atom is -0.373 e. The molecule has 0 fully saturated rings. The molecule has 0 atom stereocenters. The molecule has 1 aliphatic rings. The number of aromatic nitrogens is 4. The first kappa shape index (κ1) is 13.0. The van der Waals surface area contributed by atoms with Gasteiger partial charge in [-0.1, -0.05) is 6.42 Å². The summed E-state index contributed by atoms with van der Waals surface area (Å²) >= 11 is 0. The molecule has 0 unspecified atom stereocenters. The normalized spacial score (nSPS) is 14.5. The van der Waals surface area contributed by atoms with Gasteiger partial charge in [-0.3, -0.25) is 0 Å². The Morgan fingerprint density at radius 2 is 1.70 bits per heavy atom. The average molecular weight is 269 g/mol. The van der Waals surface area contributed by atoms with Crippen LogP contribution in [0.15, 0.2) is 12.4 Å². The van der Waals surface area contributed by atoms with Crippen molar-refractivity contribution in [3.63, 3.8) is 0 Å². The van der Waals surface area contributed by atoms with Crippen LogP contribution in [0.4, 0.5) is 5.82 Å². The summed E-state index contributed by atoms with van der Waals surface area (Å²) in [6.45, 7) is 1.97. The number of hydrogen-bond donors (Lipinski definition) is 1. The molecule has 0 aliphatic heterocycles. The molecule has 0 saturated carbocycles. The number of aryl methyl sites for hydroxylation is 2. The molecule has 20 heavy (non-hydrogen) atoms. The zero-order valence-electron chi connectivity index (χ0n) is 12.0. The highest BCUT2D eigenvalue weighted by molar-refractivity contribution is 5.54. The van der Waals surface area contributed by atoms with Gasteiger partial charge in [0.05, 0.1) is 0 Å². The Morgan fingerprint density at radius 1 is 0.950 bits per heavy atom. The minimum absolute atomic E-state index is 0.596. The van der Waals surface area contributed by atoms with Crippen molar-refractivity contribution in [2.24, 2.45) is 0 Å². The van der Waals surface area contributed by atoms with E-state index in [2.05, 4.69) is 20.3 Å². The van der Waals surface area contributed by atoms with Gasteiger partial charge in [-0.05, 0) is 38.2 Å². The standard InChI is InChI=1S/C15H19N5/c1-10-8-17-14(18-9-10)15-19-12-7-5-3-4-6-11(12)13(16-2)20-15/h8-9H,3-7H2,1-2H3,(H,16,19,20). The van der Waals surface area contributed by atoms with Crippen LogP contribution in [0, 0.1) is 6.92 Å². The van der Waals surface area contributed by atoms with Crippen LogP contribution < -0.4 is 5.32 Å². The summed E-state index contributed by atoms with van der Waals surface area (Å²) < 4.78 is 0. The lowest BCUT2D eigenvalue weighted by Crippen LogP contribution is -2.08. The predicted octanol–water partition coefficient (Wildman–Crippen LogP) is 2.55. The van der Waals surface area contributed by atoms with Gasteiger partial charge in [-0.2, -0.15) is 0 Å². The number of rotatable bonds is 2. The average Bonchev–Trinajstić information content (AvgIpc) is 2.72. The summed E-state index contributed by atoms with van der Waals surface area (Å²) in [5.41, 5.74) is 3.46. The van der Waals surface area contributed by atoms with Crippen LogP contribution in [0.2, 0.25) is 0 Å². The van der Waals surface area contributed by atoms with Crippen LogP contribution in [-0.2, 0) is 12.8 Å². The molecular formula is C15H19N5.